The molecule has 0 aromatic carbocycles. The molecule has 0 N–H and O–H groups in total. The van der Waals surface area contributed by atoms with Crippen LogP contribution >= 0.6 is 11.3 Å². The van der Waals surface area contributed by atoms with Crippen LogP contribution in [0.25, 0.3) is 16.8 Å². The highest BCUT2D eigenvalue weighted by Crippen LogP contribution is 2.26. The third kappa shape index (κ3) is 2.87. The molecule has 0 spiro atoms. The molecule has 4 rings (SSSR count). The number of hydrogen-bond acceptors (Lipinski definition) is 5. The van der Waals surface area contributed by atoms with E-state index in [0.717, 1.165) is 27.5 Å². The minimum atomic E-state index is 0.0222. The molecule has 7 heteroatoms. The van der Waals surface area contributed by atoms with Gasteiger partial charge in [0.05, 0.1) is 17.7 Å². The van der Waals surface area contributed by atoms with Crippen LogP contribution in [0.4, 0.5) is 0 Å². The van der Waals surface area contributed by atoms with E-state index in [4.69, 9.17) is 0 Å². The standard InChI is InChI=1S/C18H17N5OS/c1-11-10-25-17(20-11)7-16(24)14-6-13(8-23-5-4-19-18(14)23)15-9-22(3)21-12(15)2/h4-6,8-10H,7H2,1-3H3. The number of imidazole rings is 1. The molecule has 0 aliphatic carbocycles. The fourth-order valence-electron chi connectivity index (χ4n) is 2.98. The SMILES string of the molecule is Cc1csc(CC(=O)c2cc(-c3cn(C)nc3C)cn3ccnc23)n1. The fraction of sp³-hybridized carbons (Fsp3) is 0.222. The maximum atomic E-state index is 12.9. The first kappa shape index (κ1) is 15.7. The number of carbonyl (C=O) groups is 1. The van der Waals surface area contributed by atoms with Crippen LogP contribution in [-0.4, -0.2) is 29.9 Å². The van der Waals surface area contributed by atoms with E-state index in [1.807, 2.05) is 55.3 Å². The molecule has 0 fully saturated rings. The molecule has 0 amide bonds. The zero-order chi connectivity index (χ0) is 17.6. The van der Waals surface area contributed by atoms with E-state index >= 15 is 0 Å². The lowest BCUT2D eigenvalue weighted by Crippen LogP contribution is -2.07. The number of thiazole rings is 1. The molecule has 0 unspecified atom stereocenters. The summed E-state index contributed by atoms with van der Waals surface area (Å²) in [4.78, 5) is 21.7. The number of ketones is 1. The first-order valence-corrected chi connectivity index (χ1v) is 8.81. The normalized spacial score (nSPS) is 11.3. The summed E-state index contributed by atoms with van der Waals surface area (Å²) >= 11 is 1.51. The molecule has 25 heavy (non-hydrogen) atoms. The van der Waals surface area contributed by atoms with Crippen LogP contribution in [0.2, 0.25) is 0 Å². The Bertz CT molecular complexity index is 1090. The zero-order valence-electron chi connectivity index (χ0n) is 14.2. The van der Waals surface area contributed by atoms with E-state index < -0.39 is 0 Å². The van der Waals surface area contributed by atoms with Crippen molar-refractivity contribution < 1.29 is 4.79 Å². The number of pyridine rings is 1. The molecule has 0 bridgehead atoms. The summed E-state index contributed by atoms with van der Waals surface area (Å²) in [6.07, 6.45) is 7.80. The number of hydrogen-bond donors (Lipinski definition) is 0. The maximum Gasteiger partial charge on any atom is 0.173 e. The second kappa shape index (κ2) is 5.93. The van der Waals surface area contributed by atoms with E-state index in [1.165, 1.54) is 11.3 Å². The average molecular weight is 351 g/mol. The highest BCUT2D eigenvalue weighted by atomic mass is 32.1. The number of aromatic nitrogens is 5. The Labute approximate surface area is 148 Å². The summed E-state index contributed by atoms with van der Waals surface area (Å²) in [5.74, 6) is 0.0222. The minimum absolute atomic E-state index is 0.0222. The Kier molecular flexibility index (Phi) is 3.73. The van der Waals surface area contributed by atoms with Crippen LogP contribution < -0.4 is 0 Å². The van der Waals surface area contributed by atoms with Crippen molar-refractivity contribution in [2.45, 2.75) is 20.3 Å². The summed E-state index contributed by atoms with van der Waals surface area (Å²) in [6.45, 7) is 3.90. The van der Waals surface area contributed by atoms with Gasteiger partial charge in [-0.1, -0.05) is 0 Å². The van der Waals surface area contributed by atoms with Crippen molar-refractivity contribution in [3.05, 3.63) is 58.2 Å². The highest BCUT2D eigenvalue weighted by Gasteiger charge is 2.17. The molecule has 4 heterocycles. The third-order valence-electron chi connectivity index (χ3n) is 4.09. The lowest BCUT2D eigenvalue weighted by atomic mass is 10.0. The number of Topliss-reactive ketones (excluding diaryl/α,β-unsaturated/α-hetero) is 1. The van der Waals surface area contributed by atoms with Gasteiger partial charge in [-0.3, -0.25) is 9.48 Å². The number of carbonyl (C=O) groups excluding carboxylic acids is 1. The van der Waals surface area contributed by atoms with Crippen molar-refractivity contribution in [2.24, 2.45) is 7.05 Å². The highest BCUT2D eigenvalue weighted by molar-refractivity contribution is 7.09. The first-order valence-electron chi connectivity index (χ1n) is 7.93. The van der Waals surface area contributed by atoms with Gasteiger partial charge in [0.1, 0.15) is 10.7 Å². The van der Waals surface area contributed by atoms with Crippen molar-refractivity contribution >= 4 is 22.8 Å². The van der Waals surface area contributed by atoms with Crippen LogP contribution in [0, 0.1) is 13.8 Å². The van der Waals surface area contributed by atoms with Gasteiger partial charge in [-0.2, -0.15) is 5.10 Å². The van der Waals surface area contributed by atoms with Gasteiger partial charge in [-0.15, -0.1) is 11.3 Å². The summed E-state index contributed by atoms with van der Waals surface area (Å²) < 4.78 is 3.67. The van der Waals surface area contributed by atoms with E-state index in [9.17, 15) is 4.79 Å². The van der Waals surface area contributed by atoms with Crippen LogP contribution in [-0.2, 0) is 13.5 Å². The predicted octanol–water partition coefficient (Wildman–Crippen LogP) is 3.23. The molecule has 0 saturated heterocycles. The predicted molar refractivity (Wildman–Crippen MR) is 97.0 cm³/mol. The van der Waals surface area contributed by atoms with Gasteiger partial charge in [0, 0.05) is 54.0 Å². The van der Waals surface area contributed by atoms with Crippen LogP contribution in [0.5, 0.6) is 0 Å². The fourth-order valence-corrected chi connectivity index (χ4v) is 3.76. The van der Waals surface area contributed by atoms with Crippen molar-refractivity contribution in [3.63, 3.8) is 0 Å². The van der Waals surface area contributed by atoms with Gasteiger partial charge >= 0.3 is 0 Å². The summed E-state index contributed by atoms with van der Waals surface area (Å²) in [5.41, 5.74) is 5.11. The maximum absolute atomic E-state index is 12.9. The number of rotatable bonds is 4. The summed E-state index contributed by atoms with van der Waals surface area (Å²) in [7, 11) is 1.89. The quantitative estimate of drug-likeness (QED) is 0.530. The Balaban J connectivity index is 1.81. The monoisotopic (exact) mass is 351 g/mol. The number of fused-ring (bicyclic) bond motifs is 1. The Morgan fingerprint density at radius 2 is 2.12 bits per heavy atom. The molecule has 6 nitrogen and oxygen atoms in total. The molecule has 0 saturated carbocycles. The van der Waals surface area contributed by atoms with Crippen LogP contribution in [0.1, 0.15) is 26.8 Å². The van der Waals surface area contributed by atoms with Crippen molar-refractivity contribution in [3.8, 4) is 11.1 Å². The van der Waals surface area contributed by atoms with Crippen molar-refractivity contribution in [1.82, 2.24) is 24.1 Å². The van der Waals surface area contributed by atoms with E-state index in [-0.39, 0.29) is 12.2 Å². The van der Waals surface area contributed by atoms with Crippen molar-refractivity contribution in [1.29, 1.82) is 0 Å². The zero-order valence-corrected chi connectivity index (χ0v) is 15.0. The lowest BCUT2D eigenvalue weighted by Gasteiger charge is -2.07. The third-order valence-corrected chi connectivity index (χ3v) is 5.06. The molecule has 4 aromatic rings. The van der Waals surface area contributed by atoms with Crippen LogP contribution in [0.15, 0.2) is 36.2 Å². The molecule has 0 aliphatic rings. The minimum Gasteiger partial charge on any atom is -0.306 e. The van der Waals surface area contributed by atoms with Gasteiger partial charge in [0.15, 0.2) is 5.78 Å². The smallest absolute Gasteiger partial charge is 0.173 e. The topological polar surface area (TPSA) is 65.1 Å². The lowest BCUT2D eigenvalue weighted by molar-refractivity contribution is 0.0994. The molecule has 0 radical (unpaired) electrons. The molecular formula is C18H17N5OS. The van der Waals surface area contributed by atoms with Gasteiger partial charge in [0.25, 0.3) is 0 Å². The molecule has 126 valence electrons. The molecule has 4 aromatic heterocycles. The Hall–Kier alpha value is -2.80. The Morgan fingerprint density at radius 3 is 2.80 bits per heavy atom. The average Bonchev–Trinajstić information content (AvgIpc) is 3.26. The van der Waals surface area contributed by atoms with E-state index in [2.05, 4.69) is 15.1 Å². The molecule has 0 aliphatic heterocycles. The molecule has 0 atom stereocenters. The number of nitrogens with zero attached hydrogens (tertiary/aromatic N) is 5. The van der Waals surface area contributed by atoms with Gasteiger partial charge in [-0.25, -0.2) is 9.97 Å². The second-order valence-corrected chi connectivity index (χ2v) is 7.03. The van der Waals surface area contributed by atoms with Gasteiger partial charge < -0.3 is 4.40 Å². The summed E-state index contributed by atoms with van der Waals surface area (Å²) in [6, 6.07) is 1.91. The summed E-state index contributed by atoms with van der Waals surface area (Å²) in [5, 5.41) is 7.19. The Morgan fingerprint density at radius 1 is 1.28 bits per heavy atom. The first-order chi connectivity index (χ1) is 12.0. The van der Waals surface area contributed by atoms with Gasteiger partial charge in [-0.05, 0) is 19.9 Å². The second-order valence-electron chi connectivity index (χ2n) is 6.09. The number of aryl methyl sites for hydroxylation is 3. The van der Waals surface area contributed by atoms with E-state index in [1.54, 1.807) is 10.9 Å². The molecular weight excluding hydrogens is 334 g/mol. The van der Waals surface area contributed by atoms with Crippen molar-refractivity contribution in [2.75, 3.05) is 0 Å². The van der Waals surface area contributed by atoms with E-state index in [0.29, 0.717) is 11.2 Å². The largest absolute Gasteiger partial charge is 0.306 e. The van der Waals surface area contributed by atoms with Crippen LogP contribution in [0.3, 0.4) is 0 Å². The van der Waals surface area contributed by atoms with Gasteiger partial charge in [0.2, 0.25) is 0 Å².